The third-order valence-electron chi connectivity index (χ3n) is 8.55. The summed E-state index contributed by atoms with van der Waals surface area (Å²) >= 11 is 0. The number of nitrogens with zero attached hydrogens (tertiary/aromatic N) is 1. The average molecular weight is 628 g/mol. The van der Waals surface area contributed by atoms with E-state index in [-0.39, 0.29) is 19.1 Å². The second-order valence-electron chi connectivity index (χ2n) is 11.2. The van der Waals surface area contributed by atoms with Crippen LogP contribution in [0.5, 0.6) is 5.75 Å². The molecule has 2 fully saturated rings. The van der Waals surface area contributed by atoms with Gasteiger partial charge in [-0.15, -0.1) is 0 Å². The predicted octanol–water partition coefficient (Wildman–Crippen LogP) is 6.66. The smallest absolute Gasteiger partial charge is 0.416 e. The molecule has 0 saturated carbocycles. The molecule has 6 nitrogen and oxygen atoms in total. The van der Waals surface area contributed by atoms with Crippen molar-refractivity contribution < 1.29 is 55.3 Å². The molecule has 2 heterocycles. The van der Waals surface area contributed by atoms with E-state index in [2.05, 4.69) is 0 Å². The minimum atomic E-state index is -5.16. The number of benzene rings is 2. The number of rotatable bonds is 7. The molecule has 2 amide bonds. The largest absolute Gasteiger partial charge is 0.505 e. The summed E-state index contributed by atoms with van der Waals surface area (Å²) in [6, 6.07) is 4.63. The van der Waals surface area contributed by atoms with Gasteiger partial charge in [-0.25, -0.2) is 9.29 Å². The fourth-order valence-corrected chi connectivity index (χ4v) is 6.46. The van der Waals surface area contributed by atoms with Crippen LogP contribution in [-0.4, -0.2) is 41.3 Å². The SMILES string of the molecule is CC/C(=C\c1ccc(O)c(F)c1)CC[C@H]1OC[C@H]2C1=C(CO)C[C@H]1C(=O)N(c3cc(C(F)(F)F)cc(C(F)(F)F)c3)C(=O)[C@H]12. The van der Waals surface area contributed by atoms with E-state index in [0.717, 1.165) is 5.57 Å². The number of hydrogen-bond donors (Lipinski definition) is 2. The Morgan fingerprint density at radius 3 is 2.23 bits per heavy atom. The van der Waals surface area contributed by atoms with Crippen LogP contribution in [0.3, 0.4) is 0 Å². The number of carbonyl (C=O) groups excluding carboxylic acids is 2. The van der Waals surface area contributed by atoms with Gasteiger partial charge in [-0.2, -0.15) is 26.3 Å². The molecule has 44 heavy (non-hydrogen) atoms. The lowest BCUT2D eigenvalue weighted by atomic mass is 9.69. The Balaban J connectivity index is 1.41. The summed E-state index contributed by atoms with van der Waals surface area (Å²) in [5.74, 6) is -5.95. The van der Waals surface area contributed by atoms with Crippen molar-refractivity contribution in [1.82, 2.24) is 0 Å². The molecule has 13 heteroatoms. The average Bonchev–Trinajstić information content (AvgIpc) is 3.49. The Kier molecular flexibility index (Phi) is 8.40. The number of aliphatic hydroxyl groups excluding tert-OH is 1. The number of fused-ring (bicyclic) bond motifs is 3. The normalized spacial score (nSPS) is 24.3. The second-order valence-corrected chi connectivity index (χ2v) is 11.2. The van der Waals surface area contributed by atoms with E-state index in [0.29, 0.717) is 53.0 Å². The number of aliphatic hydroxyl groups is 1. The van der Waals surface area contributed by atoms with Crippen LogP contribution in [0.25, 0.3) is 6.08 Å². The second kappa shape index (κ2) is 11.7. The van der Waals surface area contributed by atoms with E-state index < -0.39 is 83.0 Å². The van der Waals surface area contributed by atoms with Gasteiger partial charge in [0, 0.05) is 5.92 Å². The van der Waals surface area contributed by atoms with Gasteiger partial charge >= 0.3 is 12.4 Å². The van der Waals surface area contributed by atoms with Crippen LogP contribution in [0.15, 0.2) is 53.1 Å². The minimum absolute atomic E-state index is 0.0255. The first-order chi connectivity index (χ1) is 20.6. The summed E-state index contributed by atoms with van der Waals surface area (Å²) in [7, 11) is 0. The lowest BCUT2D eigenvalue weighted by Crippen LogP contribution is -2.35. The molecular formula is C31H28F7NO5. The number of carbonyl (C=O) groups is 2. The standard InChI is InChI=1S/C31H28F7NO5/c1-2-15(7-16-3-5-24(41)23(32)8-16)4-6-25-26-17(13-40)9-21-27(22(26)14-44-25)29(43)39(28(21)42)20-11-18(30(33,34)35)10-19(12-20)31(36,37)38/h3,5,7-8,10-12,21-22,25,27,40-41H,2,4,6,9,13-14H2,1H3/b15-7+/t21-,22+,25-,27-/m1/s1. The highest BCUT2D eigenvalue weighted by Gasteiger charge is 2.57. The number of hydrogen-bond acceptors (Lipinski definition) is 5. The number of halogens is 7. The zero-order chi connectivity index (χ0) is 32.1. The lowest BCUT2D eigenvalue weighted by molar-refractivity contribution is -0.143. The van der Waals surface area contributed by atoms with Gasteiger partial charge in [0.25, 0.3) is 0 Å². The Morgan fingerprint density at radius 2 is 1.66 bits per heavy atom. The van der Waals surface area contributed by atoms with Gasteiger partial charge in [-0.3, -0.25) is 9.59 Å². The molecule has 236 valence electrons. The first kappa shape index (κ1) is 31.7. The van der Waals surface area contributed by atoms with Gasteiger partial charge < -0.3 is 14.9 Å². The van der Waals surface area contributed by atoms with Gasteiger partial charge in [0.05, 0.1) is 48.0 Å². The van der Waals surface area contributed by atoms with E-state index >= 15 is 0 Å². The number of allylic oxidation sites excluding steroid dienone is 1. The van der Waals surface area contributed by atoms with E-state index in [1.54, 1.807) is 12.1 Å². The fourth-order valence-electron chi connectivity index (χ4n) is 6.46. The molecule has 2 aromatic carbocycles. The van der Waals surface area contributed by atoms with Crippen molar-refractivity contribution in [3.63, 3.8) is 0 Å². The summed E-state index contributed by atoms with van der Waals surface area (Å²) in [4.78, 5) is 27.5. The summed E-state index contributed by atoms with van der Waals surface area (Å²) in [5, 5.41) is 19.6. The topological polar surface area (TPSA) is 87.1 Å². The van der Waals surface area contributed by atoms with Crippen molar-refractivity contribution in [3.05, 3.63) is 75.6 Å². The zero-order valence-electron chi connectivity index (χ0n) is 23.3. The van der Waals surface area contributed by atoms with Gasteiger partial charge in [-0.05, 0) is 72.7 Å². The molecule has 0 bridgehead atoms. The highest BCUT2D eigenvalue weighted by Crippen LogP contribution is 2.51. The van der Waals surface area contributed by atoms with E-state index in [1.165, 1.54) is 12.1 Å². The molecule has 0 radical (unpaired) electrons. The van der Waals surface area contributed by atoms with Crippen molar-refractivity contribution >= 4 is 23.6 Å². The maximum Gasteiger partial charge on any atom is 0.416 e. The summed E-state index contributed by atoms with van der Waals surface area (Å²) < 4.78 is 101. The maximum atomic E-state index is 13.8. The molecule has 3 aliphatic rings. The number of alkyl halides is 6. The van der Waals surface area contributed by atoms with E-state index in [9.17, 15) is 50.5 Å². The summed E-state index contributed by atoms with van der Waals surface area (Å²) in [6.45, 7) is 1.41. The van der Waals surface area contributed by atoms with Crippen LogP contribution in [0, 0.1) is 23.6 Å². The van der Waals surface area contributed by atoms with Crippen LogP contribution in [0.2, 0.25) is 0 Å². The summed E-state index contributed by atoms with van der Waals surface area (Å²) in [5.41, 5.74) is -1.59. The van der Waals surface area contributed by atoms with Gasteiger partial charge in [-0.1, -0.05) is 24.6 Å². The Bertz CT molecular complexity index is 1510. The Morgan fingerprint density at radius 1 is 1.00 bits per heavy atom. The third kappa shape index (κ3) is 5.86. The first-order valence-electron chi connectivity index (χ1n) is 13.9. The Labute approximate surface area is 247 Å². The third-order valence-corrected chi connectivity index (χ3v) is 8.55. The summed E-state index contributed by atoms with van der Waals surface area (Å²) in [6.07, 6.45) is -7.72. The molecule has 2 N–H and O–H groups in total. The number of amides is 2. The molecule has 0 spiro atoms. The molecule has 4 atom stereocenters. The monoisotopic (exact) mass is 627 g/mol. The number of phenolic OH excluding ortho intramolecular Hbond substituents is 1. The van der Waals surface area contributed by atoms with E-state index in [4.69, 9.17) is 4.74 Å². The quantitative estimate of drug-likeness (QED) is 0.204. The highest BCUT2D eigenvalue weighted by molar-refractivity contribution is 6.22. The molecule has 2 saturated heterocycles. The number of imide groups is 1. The van der Waals surface area contributed by atoms with Gasteiger partial charge in [0.15, 0.2) is 11.6 Å². The van der Waals surface area contributed by atoms with Crippen molar-refractivity contribution in [2.24, 2.45) is 17.8 Å². The fraction of sp³-hybridized carbons (Fsp3) is 0.419. The lowest BCUT2D eigenvalue weighted by Gasteiger charge is -2.31. The van der Waals surface area contributed by atoms with Gasteiger partial charge in [0.2, 0.25) is 11.8 Å². The van der Waals surface area contributed by atoms with Gasteiger partial charge in [0.1, 0.15) is 0 Å². The number of anilines is 1. The van der Waals surface area contributed by atoms with Crippen molar-refractivity contribution in [1.29, 1.82) is 0 Å². The maximum absolute atomic E-state index is 13.8. The molecule has 0 aromatic heterocycles. The number of phenols is 1. The van der Waals surface area contributed by atoms with Crippen LogP contribution < -0.4 is 4.90 Å². The molecular weight excluding hydrogens is 599 g/mol. The Hall–Kier alpha value is -3.71. The molecule has 1 aliphatic carbocycles. The predicted molar refractivity (Wildman–Crippen MR) is 143 cm³/mol. The molecule has 2 aromatic rings. The highest BCUT2D eigenvalue weighted by atomic mass is 19.4. The molecule has 5 rings (SSSR count). The van der Waals surface area contributed by atoms with E-state index in [1.807, 2.05) is 6.92 Å². The molecule has 2 aliphatic heterocycles. The van der Waals surface area contributed by atoms with Crippen molar-refractivity contribution in [2.75, 3.05) is 18.1 Å². The van der Waals surface area contributed by atoms with Crippen molar-refractivity contribution in [3.8, 4) is 5.75 Å². The van der Waals surface area contributed by atoms with Crippen LogP contribution in [-0.2, 0) is 26.7 Å². The minimum Gasteiger partial charge on any atom is -0.505 e. The number of ether oxygens (including phenoxy) is 1. The van der Waals surface area contributed by atoms with Crippen LogP contribution in [0.4, 0.5) is 36.4 Å². The van der Waals surface area contributed by atoms with Crippen molar-refractivity contribution in [2.45, 2.75) is 51.1 Å². The van der Waals surface area contributed by atoms with Crippen LogP contribution >= 0.6 is 0 Å². The molecule has 0 unspecified atom stereocenters. The first-order valence-corrected chi connectivity index (χ1v) is 13.9. The van der Waals surface area contributed by atoms with Crippen LogP contribution in [0.1, 0.15) is 49.3 Å². The zero-order valence-corrected chi connectivity index (χ0v) is 23.3. The number of aromatic hydroxyl groups is 1.